The van der Waals surface area contributed by atoms with Crippen molar-refractivity contribution in [3.8, 4) is 11.1 Å². The van der Waals surface area contributed by atoms with E-state index in [1.54, 1.807) is 19.2 Å². The Hall–Kier alpha value is -3.61. The third-order valence-electron chi connectivity index (χ3n) is 10.8. The zero-order valence-corrected chi connectivity index (χ0v) is 27.1. The molecule has 0 radical (unpaired) electrons. The number of piperazine rings is 1. The Morgan fingerprint density at radius 3 is 2.55 bits per heavy atom. The average Bonchev–Trinajstić information content (AvgIpc) is 3.47. The maximum atomic E-state index is 14.8. The van der Waals surface area contributed by atoms with E-state index in [0.29, 0.717) is 50.0 Å². The molecule has 0 saturated carbocycles. The van der Waals surface area contributed by atoms with Crippen LogP contribution in [0.4, 0.5) is 26.1 Å². The van der Waals surface area contributed by atoms with Crippen LogP contribution in [0.1, 0.15) is 61.0 Å². The second-order valence-electron chi connectivity index (χ2n) is 13.6. The summed E-state index contributed by atoms with van der Waals surface area (Å²) in [5, 5.41) is 8.61. The summed E-state index contributed by atoms with van der Waals surface area (Å²) in [7, 11) is 0. The van der Waals surface area contributed by atoms with E-state index in [1.165, 1.54) is 0 Å². The van der Waals surface area contributed by atoms with Crippen molar-refractivity contribution in [1.82, 2.24) is 29.9 Å². The van der Waals surface area contributed by atoms with Gasteiger partial charge < -0.3 is 24.8 Å². The Kier molecular flexibility index (Phi) is 8.35. The van der Waals surface area contributed by atoms with E-state index in [9.17, 15) is 13.6 Å². The van der Waals surface area contributed by atoms with Crippen molar-refractivity contribution < 1.29 is 18.3 Å². The van der Waals surface area contributed by atoms with Gasteiger partial charge in [0.1, 0.15) is 5.82 Å². The maximum Gasteiger partial charge on any atom is 0.264 e. The molecule has 7 heterocycles. The van der Waals surface area contributed by atoms with E-state index in [0.717, 1.165) is 106 Å². The summed E-state index contributed by atoms with van der Waals surface area (Å²) in [6, 6.07) is 8.33. The number of ether oxygens (including phenoxy) is 1. The van der Waals surface area contributed by atoms with E-state index < -0.39 is 6.43 Å². The minimum atomic E-state index is -2.64. The number of nitrogens with one attached hydrogen (secondary N) is 1. The molecular weight excluding hydrogens is 602 g/mol. The first kappa shape index (κ1) is 30.7. The summed E-state index contributed by atoms with van der Waals surface area (Å²) in [4.78, 5) is 26.0. The molecule has 1 N–H and O–H groups in total. The highest BCUT2D eigenvalue weighted by Gasteiger charge is 2.35. The van der Waals surface area contributed by atoms with Crippen LogP contribution in [0.5, 0.6) is 0 Å². The minimum absolute atomic E-state index is 0.0102. The third kappa shape index (κ3) is 5.78. The lowest BCUT2D eigenvalue weighted by molar-refractivity contribution is -0.129. The normalized spacial score (nSPS) is 21.1. The topological polar surface area (TPSA) is 82.0 Å². The van der Waals surface area contributed by atoms with Gasteiger partial charge in [-0.3, -0.25) is 14.4 Å². The average molecular weight is 647 g/mol. The number of halogens is 2. The summed E-state index contributed by atoms with van der Waals surface area (Å²) in [5.74, 6) is 1.73. The lowest BCUT2D eigenvalue weighted by Crippen LogP contribution is -2.63. The van der Waals surface area contributed by atoms with Crippen LogP contribution in [0.3, 0.4) is 0 Å². The maximum absolute atomic E-state index is 14.8. The quantitative estimate of drug-likeness (QED) is 0.425. The number of benzene rings is 1. The second-order valence-corrected chi connectivity index (χ2v) is 13.6. The van der Waals surface area contributed by atoms with Crippen LogP contribution in [0.25, 0.3) is 11.1 Å². The monoisotopic (exact) mass is 646 g/mol. The van der Waals surface area contributed by atoms with Crippen LogP contribution in [-0.2, 0) is 28.9 Å². The van der Waals surface area contributed by atoms with Crippen LogP contribution in [0, 0.1) is 0 Å². The van der Waals surface area contributed by atoms with Crippen LogP contribution >= 0.6 is 0 Å². The molecule has 3 saturated heterocycles. The molecule has 3 aromatic rings. The number of carbonyl (C=O) groups is 1. The number of pyridine rings is 1. The molecule has 8 rings (SSSR count). The summed E-state index contributed by atoms with van der Waals surface area (Å²) in [6.45, 7) is 11.0. The van der Waals surface area contributed by atoms with Gasteiger partial charge in [-0.25, -0.2) is 13.8 Å². The number of anilines is 3. The van der Waals surface area contributed by atoms with E-state index in [4.69, 9.17) is 14.8 Å². The van der Waals surface area contributed by atoms with Gasteiger partial charge in [-0.15, -0.1) is 0 Å². The van der Waals surface area contributed by atoms with E-state index in [2.05, 4.69) is 24.7 Å². The number of amides is 1. The highest BCUT2D eigenvalue weighted by atomic mass is 19.3. The molecule has 12 heteroatoms. The van der Waals surface area contributed by atoms with Gasteiger partial charge in [-0.2, -0.15) is 5.10 Å². The lowest BCUT2D eigenvalue weighted by Gasteiger charge is -2.47. The van der Waals surface area contributed by atoms with Gasteiger partial charge in [-0.05, 0) is 61.1 Å². The van der Waals surface area contributed by atoms with Crippen LogP contribution in [0.15, 0.2) is 30.5 Å². The summed E-state index contributed by atoms with van der Waals surface area (Å²) < 4.78 is 37.5. The number of nitrogens with zero attached hydrogens (tertiary/aromatic N) is 7. The number of aromatic nitrogens is 3. The summed E-state index contributed by atoms with van der Waals surface area (Å²) in [6.07, 6.45) is 3.31. The van der Waals surface area contributed by atoms with Crippen molar-refractivity contribution in [3.05, 3.63) is 52.8 Å². The van der Waals surface area contributed by atoms with Gasteiger partial charge in [0.2, 0.25) is 5.91 Å². The summed E-state index contributed by atoms with van der Waals surface area (Å²) >= 11 is 0. The predicted molar refractivity (Wildman–Crippen MR) is 177 cm³/mol. The molecule has 5 aliphatic rings. The third-order valence-corrected chi connectivity index (χ3v) is 10.8. The van der Waals surface area contributed by atoms with E-state index >= 15 is 0 Å². The number of fused-ring (bicyclic) bond motifs is 2. The van der Waals surface area contributed by atoms with Gasteiger partial charge in [0.05, 0.1) is 12.6 Å². The highest BCUT2D eigenvalue weighted by Crippen LogP contribution is 2.44. The Balaban J connectivity index is 1.10. The van der Waals surface area contributed by atoms with Crippen molar-refractivity contribution in [2.45, 2.75) is 64.1 Å². The zero-order valence-electron chi connectivity index (χ0n) is 27.1. The Morgan fingerprint density at radius 1 is 1.02 bits per heavy atom. The molecule has 1 amide bonds. The molecule has 10 nitrogen and oxygen atoms in total. The van der Waals surface area contributed by atoms with Crippen molar-refractivity contribution in [1.29, 1.82) is 0 Å². The SMILES string of the molecule is CC(=O)N1CCc2c(c(N3CCCc4cc(-c5ccc(N6CC(N7CCNCC7)C6)nc5)c(C(F)F)cc43)nn2C2CCOCC2)C1. The highest BCUT2D eigenvalue weighted by molar-refractivity contribution is 5.78. The molecule has 0 unspecified atom stereocenters. The standard InChI is InChI=1S/C35H44F2N8O2/c1-23(46)42-12-6-31-30(22-42)35(40-45(31)26-7-15-47-16-8-26)44-11-2-3-24-17-28(29(34(36)37)18-32(24)44)25-4-5-33(39-19-25)43-20-27(21-43)41-13-9-38-10-14-41/h4-5,17-19,26-27,34,38H,2-3,6-16,20-22H2,1H3. The Labute approximate surface area is 274 Å². The van der Waals surface area contributed by atoms with Gasteiger partial charge in [-0.1, -0.05) is 0 Å². The van der Waals surface area contributed by atoms with Crippen LogP contribution < -0.4 is 15.1 Å². The lowest BCUT2D eigenvalue weighted by atomic mass is 9.92. The number of rotatable bonds is 6. The molecular formula is C35H44F2N8O2. The number of aryl methyl sites for hydroxylation is 1. The van der Waals surface area contributed by atoms with Crippen molar-refractivity contribution in [2.75, 3.05) is 75.4 Å². The van der Waals surface area contributed by atoms with Crippen LogP contribution in [0.2, 0.25) is 0 Å². The largest absolute Gasteiger partial charge is 0.381 e. The fourth-order valence-corrected chi connectivity index (χ4v) is 8.10. The zero-order chi connectivity index (χ0) is 32.1. The molecule has 0 aliphatic carbocycles. The van der Waals surface area contributed by atoms with E-state index in [-0.39, 0.29) is 17.5 Å². The first-order valence-electron chi connectivity index (χ1n) is 17.3. The number of hydrogen-bond donors (Lipinski definition) is 1. The Morgan fingerprint density at radius 2 is 1.83 bits per heavy atom. The van der Waals surface area contributed by atoms with Gasteiger partial charge in [0.25, 0.3) is 6.43 Å². The first-order chi connectivity index (χ1) is 22.9. The van der Waals surface area contributed by atoms with Crippen LogP contribution in [-0.4, -0.2) is 102 Å². The molecule has 2 aromatic heterocycles. The van der Waals surface area contributed by atoms with Gasteiger partial charge in [0.15, 0.2) is 5.82 Å². The van der Waals surface area contributed by atoms with Crippen molar-refractivity contribution >= 4 is 23.2 Å². The first-order valence-corrected chi connectivity index (χ1v) is 17.3. The van der Waals surface area contributed by atoms with Crippen molar-refractivity contribution in [2.24, 2.45) is 0 Å². The molecule has 5 aliphatic heterocycles. The molecule has 47 heavy (non-hydrogen) atoms. The molecule has 0 spiro atoms. The molecule has 250 valence electrons. The van der Waals surface area contributed by atoms with Gasteiger partial charge in [0, 0.05) is 119 Å². The fourth-order valence-electron chi connectivity index (χ4n) is 8.10. The molecule has 3 fully saturated rings. The molecule has 1 aromatic carbocycles. The molecule has 0 atom stereocenters. The number of hydrogen-bond acceptors (Lipinski definition) is 8. The Bertz CT molecular complexity index is 1610. The summed E-state index contributed by atoms with van der Waals surface area (Å²) in [5.41, 5.74) is 5.29. The molecule has 0 bridgehead atoms. The fraction of sp³-hybridized carbons (Fsp3) is 0.571. The second kappa shape index (κ2) is 12.8. The minimum Gasteiger partial charge on any atom is -0.381 e. The van der Waals surface area contributed by atoms with Crippen molar-refractivity contribution in [3.63, 3.8) is 0 Å². The number of carbonyl (C=O) groups excluding carboxylic acids is 1. The van der Waals surface area contributed by atoms with Gasteiger partial charge >= 0.3 is 0 Å². The van der Waals surface area contributed by atoms with E-state index in [1.807, 2.05) is 23.1 Å². The number of alkyl halides is 2. The smallest absolute Gasteiger partial charge is 0.264 e. The predicted octanol–water partition coefficient (Wildman–Crippen LogP) is 4.32.